The van der Waals surface area contributed by atoms with Crippen LogP contribution in [0.5, 0.6) is 17.2 Å². The lowest BCUT2D eigenvalue weighted by atomic mass is 10.0. The van der Waals surface area contributed by atoms with Crippen LogP contribution in [0, 0.1) is 5.95 Å². The van der Waals surface area contributed by atoms with Gasteiger partial charge in [-0.15, -0.1) is 0 Å². The van der Waals surface area contributed by atoms with E-state index in [4.69, 9.17) is 14.2 Å². The Kier molecular flexibility index (Phi) is 9.85. The van der Waals surface area contributed by atoms with Gasteiger partial charge in [-0.2, -0.15) is 4.39 Å². The van der Waals surface area contributed by atoms with Crippen LogP contribution in [0.4, 0.5) is 4.39 Å². The fourth-order valence-corrected chi connectivity index (χ4v) is 4.08. The van der Waals surface area contributed by atoms with Gasteiger partial charge < -0.3 is 24.8 Å². The largest absolute Gasteiger partial charge is 0.496 e. The van der Waals surface area contributed by atoms with Crippen LogP contribution in [0.25, 0.3) is 11.1 Å². The van der Waals surface area contributed by atoms with Crippen LogP contribution >= 0.6 is 0 Å². The van der Waals surface area contributed by atoms with Crippen molar-refractivity contribution >= 4 is 5.91 Å². The second kappa shape index (κ2) is 13.9. The highest BCUT2D eigenvalue weighted by Crippen LogP contribution is 2.34. The van der Waals surface area contributed by atoms with E-state index >= 15 is 0 Å². The molecule has 8 heteroatoms. The minimum Gasteiger partial charge on any atom is -0.496 e. The minimum absolute atomic E-state index is 0.0228. The van der Waals surface area contributed by atoms with Gasteiger partial charge in [-0.1, -0.05) is 54.6 Å². The number of aromatic nitrogens is 1. The molecule has 0 bridgehead atoms. The Morgan fingerprint density at radius 2 is 1.67 bits per heavy atom. The molecule has 1 amide bonds. The normalized spacial score (nSPS) is 10.6. The maximum Gasteiger partial charge on any atom is 0.219 e. The molecule has 0 saturated carbocycles. The van der Waals surface area contributed by atoms with Crippen LogP contribution in [-0.2, 0) is 24.6 Å². The van der Waals surface area contributed by atoms with E-state index < -0.39 is 5.95 Å². The molecule has 0 atom stereocenters. The Hall–Kier alpha value is -4.43. The molecule has 0 radical (unpaired) electrons. The van der Waals surface area contributed by atoms with Crippen LogP contribution in [0.15, 0.2) is 85.1 Å². The highest BCUT2D eigenvalue weighted by molar-refractivity contribution is 5.73. The van der Waals surface area contributed by atoms with Crippen molar-refractivity contribution in [2.45, 2.75) is 26.7 Å². The number of para-hydroxylation sites is 1. The van der Waals surface area contributed by atoms with Gasteiger partial charge in [-0.25, -0.2) is 4.98 Å². The Labute approximate surface area is 228 Å². The highest BCUT2D eigenvalue weighted by Gasteiger charge is 2.13. The van der Waals surface area contributed by atoms with Crippen LogP contribution in [0.3, 0.4) is 0 Å². The van der Waals surface area contributed by atoms with Gasteiger partial charge in [0.1, 0.15) is 30.5 Å². The first kappa shape index (κ1) is 27.6. The molecule has 7 nitrogen and oxygen atoms in total. The van der Waals surface area contributed by atoms with E-state index in [1.54, 1.807) is 25.3 Å². The first-order valence-electron chi connectivity index (χ1n) is 12.7. The summed E-state index contributed by atoms with van der Waals surface area (Å²) in [5.41, 5.74) is 4.18. The molecule has 0 fully saturated rings. The molecule has 2 N–H and O–H groups in total. The zero-order valence-electron chi connectivity index (χ0n) is 22.1. The number of halogens is 1. The molecular weight excluding hydrogens is 497 g/mol. The van der Waals surface area contributed by atoms with Crippen LogP contribution in [0.2, 0.25) is 0 Å². The summed E-state index contributed by atoms with van der Waals surface area (Å²) in [6.45, 7) is 3.39. The number of hydrogen-bond acceptors (Lipinski definition) is 6. The van der Waals surface area contributed by atoms with Gasteiger partial charge in [0, 0.05) is 61.1 Å². The molecule has 4 aromatic rings. The number of pyridine rings is 1. The van der Waals surface area contributed by atoms with E-state index in [2.05, 4.69) is 15.6 Å². The number of nitrogens with zero attached hydrogens (tertiary/aromatic N) is 1. The predicted octanol–water partition coefficient (Wildman–Crippen LogP) is 5.28. The molecule has 0 aliphatic heterocycles. The predicted molar refractivity (Wildman–Crippen MR) is 148 cm³/mol. The van der Waals surface area contributed by atoms with Gasteiger partial charge >= 0.3 is 0 Å². The number of amides is 1. The average Bonchev–Trinajstić information content (AvgIpc) is 2.96. The molecule has 1 aromatic heterocycles. The number of ether oxygens (including phenoxy) is 3. The van der Waals surface area contributed by atoms with Crippen molar-refractivity contribution in [2.75, 3.05) is 20.2 Å². The molecule has 39 heavy (non-hydrogen) atoms. The number of methoxy groups -OCH3 is 1. The highest BCUT2D eigenvalue weighted by atomic mass is 19.1. The van der Waals surface area contributed by atoms with Crippen LogP contribution < -0.4 is 24.8 Å². The van der Waals surface area contributed by atoms with Gasteiger partial charge in [-0.3, -0.25) is 4.79 Å². The summed E-state index contributed by atoms with van der Waals surface area (Å²) >= 11 is 0. The fourth-order valence-electron chi connectivity index (χ4n) is 4.08. The van der Waals surface area contributed by atoms with Gasteiger partial charge in [-0.05, 0) is 23.8 Å². The molecule has 0 aliphatic carbocycles. The van der Waals surface area contributed by atoms with Gasteiger partial charge in [0.25, 0.3) is 0 Å². The van der Waals surface area contributed by atoms with Gasteiger partial charge in [0.2, 0.25) is 11.9 Å². The maximum atomic E-state index is 14.1. The van der Waals surface area contributed by atoms with E-state index in [1.165, 1.54) is 13.1 Å². The van der Waals surface area contributed by atoms with Crippen molar-refractivity contribution in [1.29, 1.82) is 0 Å². The molecule has 0 spiro atoms. The first-order chi connectivity index (χ1) is 19.0. The second-order valence-corrected chi connectivity index (χ2v) is 8.82. The molecule has 202 valence electrons. The van der Waals surface area contributed by atoms with Crippen molar-refractivity contribution in [3.63, 3.8) is 0 Å². The second-order valence-electron chi connectivity index (χ2n) is 8.82. The smallest absolute Gasteiger partial charge is 0.219 e. The maximum absolute atomic E-state index is 14.1. The minimum atomic E-state index is -0.565. The van der Waals surface area contributed by atoms with E-state index in [-0.39, 0.29) is 19.1 Å². The van der Waals surface area contributed by atoms with E-state index in [0.717, 1.165) is 28.0 Å². The molecular formula is C31H32FN3O4. The van der Waals surface area contributed by atoms with Gasteiger partial charge in [0.05, 0.1) is 7.11 Å². The zero-order valence-corrected chi connectivity index (χ0v) is 22.1. The number of carbonyl (C=O) groups excluding carboxylic acids is 1. The standard InChI is InChI=1S/C31H32FN3O4/c1-22(36)34-17-16-33-19-24-13-14-27(18-29(24)39-21-26-11-7-15-35-31(26)32)38-20-25-10-6-12-28(30(25)37-2)23-8-4-3-5-9-23/h3-15,18,33H,16-17,19-21H2,1-2H3,(H,34,36). The van der Waals surface area contributed by atoms with E-state index in [1.807, 2.05) is 60.7 Å². The third-order valence-corrected chi connectivity index (χ3v) is 6.03. The number of rotatable bonds is 13. The lowest BCUT2D eigenvalue weighted by molar-refractivity contribution is -0.118. The van der Waals surface area contributed by atoms with Crippen LogP contribution in [-0.4, -0.2) is 31.1 Å². The Morgan fingerprint density at radius 1 is 0.872 bits per heavy atom. The summed E-state index contributed by atoms with van der Waals surface area (Å²) in [5, 5.41) is 6.04. The monoisotopic (exact) mass is 529 g/mol. The molecule has 0 saturated heterocycles. The Morgan fingerprint density at radius 3 is 2.44 bits per heavy atom. The third-order valence-electron chi connectivity index (χ3n) is 6.03. The Balaban J connectivity index is 1.50. The summed E-state index contributed by atoms with van der Waals surface area (Å²) in [4.78, 5) is 14.8. The molecule has 0 unspecified atom stereocenters. The summed E-state index contributed by atoms with van der Waals surface area (Å²) in [6.07, 6.45) is 1.40. The van der Waals surface area contributed by atoms with Crippen molar-refractivity contribution in [1.82, 2.24) is 15.6 Å². The first-order valence-corrected chi connectivity index (χ1v) is 12.7. The van der Waals surface area contributed by atoms with Crippen molar-refractivity contribution in [2.24, 2.45) is 0 Å². The summed E-state index contributed by atoms with van der Waals surface area (Å²) in [6, 6.07) is 24.9. The number of nitrogens with one attached hydrogen (secondary N) is 2. The molecule has 1 heterocycles. The number of carbonyl (C=O) groups is 1. The van der Waals surface area contributed by atoms with Crippen molar-refractivity contribution in [3.8, 4) is 28.4 Å². The topological polar surface area (TPSA) is 81.7 Å². The number of benzene rings is 3. The van der Waals surface area contributed by atoms with E-state index in [9.17, 15) is 9.18 Å². The molecule has 0 aliphatic rings. The summed E-state index contributed by atoms with van der Waals surface area (Å²) < 4.78 is 32.0. The summed E-state index contributed by atoms with van der Waals surface area (Å²) in [7, 11) is 1.66. The lowest BCUT2D eigenvalue weighted by Crippen LogP contribution is -2.30. The average molecular weight is 530 g/mol. The molecule has 4 rings (SSSR count). The van der Waals surface area contributed by atoms with Crippen molar-refractivity contribution < 1.29 is 23.4 Å². The Bertz CT molecular complexity index is 1380. The number of hydrogen-bond donors (Lipinski definition) is 2. The van der Waals surface area contributed by atoms with E-state index in [0.29, 0.717) is 36.7 Å². The SMILES string of the molecule is COc1c(COc2ccc(CNCCNC(C)=O)c(OCc3cccnc3F)c2)cccc1-c1ccccc1. The van der Waals surface area contributed by atoms with Gasteiger partial charge in [0.15, 0.2) is 0 Å². The zero-order chi connectivity index (χ0) is 27.5. The quantitative estimate of drug-likeness (QED) is 0.181. The summed E-state index contributed by atoms with van der Waals surface area (Å²) in [5.74, 6) is 1.28. The van der Waals surface area contributed by atoms with Crippen molar-refractivity contribution in [3.05, 3.63) is 108 Å². The lowest BCUT2D eigenvalue weighted by Gasteiger charge is -2.17. The van der Waals surface area contributed by atoms with Crippen LogP contribution in [0.1, 0.15) is 23.6 Å². The third kappa shape index (κ3) is 7.78. The fraction of sp³-hybridized carbons (Fsp3) is 0.226. The molecule has 3 aromatic carbocycles.